The number of hydrogen-bond acceptors (Lipinski definition) is 6. The molecule has 3 aromatic heterocycles. The van der Waals surface area contributed by atoms with Gasteiger partial charge in [0.15, 0.2) is 17.5 Å². The van der Waals surface area contributed by atoms with Gasteiger partial charge in [-0.05, 0) is 92.0 Å². The summed E-state index contributed by atoms with van der Waals surface area (Å²) in [6, 6.07) is 61.2. The second-order valence-corrected chi connectivity index (χ2v) is 16.7. The fourth-order valence-electron chi connectivity index (χ4n) is 9.78. The van der Waals surface area contributed by atoms with Crippen molar-refractivity contribution in [1.82, 2.24) is 24.9 Å². The Morgan fingerprint density at radius 2 is 0.937 bits per heavy atom. The summed E-state index contributed by atoms with van der Waals surface area (Å²) in [6.45, 7) is 4.59. The van der Waals surface area contributed by atoms with Gasteiger partial charge in [0.2, 0.25) is 0 Å². The summed E-state index contributed by atoms with van der Waals surface area (Å²) in [5, 5.41) is 16.1. The molecule has 3 heterocycles. The molecule has 0 saturated heterocycles. The molecule has 12 rings (SSSR count). The lowest BCUT2D eigenvalue weighted by molar-refractivity contribution is 0.660. The van der Waals surface area contributed by atoms with Crippen LogP contribution in [0.5, 0.6) is 0 Å². The summed E-state index contributed by atoms with van der Waals surface area (Å²) >= 11 is 0. The molecule has 0 saturated carbocycles. The van der Waals surface area contributed by atoms with Crippen molar-refractivity contribution >= 4 is 43.4 Å². The van der Waals surface area contributed by atoms with Crippen LogP contribution in [0.15, 0.2) is 182 Å². The summed E-state index contributed by atoms with van der Waals surface area (Å²) in [6.07, 6.45) is 3.71. The fourth-order valence-corrected chi connectivity index (χ4v) is 9.78. The largest absolute Gasteiger partial charge is 0.256 e. The van der Waals surface area contributed by atoms with Gasteiger partial charge in [0.25, 0.3) is 0 Å². The lowest BCUT2D eigenvalue weighted by Gasteiger charge is -2.21. The molecule has 0 aliphatic heterocycles. The normalized spacial score (nSPS) is 12.7. The van der Waals surface area contributed by atoms with Crippen molar-refractivity contribution in [1.29, 1.82) is 5.26 Å². The van der Waals surface area contributed by atoms with Gasteiger partial charge in [0, 0.05) is 61.8 Å². The highest BCUT2D eigenvalue weighted by Gasteiger charge is 2.35. The summed E-state index contributed by atoms with van der Waals surface area (Å²) in [7, 11) is 0. The fraction of sp³-hybridized carbons (Fsp3) is 0.0526. The highest BCUT2D eigenvalue weighted by molar-refractivity contribution is 6.23. The van der Waals surface area contributed by atoms with E-state index in [9.17, 15) is 5.26 Å². The van der Waals surface area contributed by atoms with E-state index in [1.54, 1.807) is 0 Å². The van der Waals surface area contributed by atoms with Gasteiger partial charge in [0.05, 0.1) is 22.7 Å². The molecule has 6 nitrogen and oxygen atoms in total. The van der Waals surface area contributed by atoms with Crippen LogP contribution in [-0.4, -0.2) is 24.9 Å². The van der Waals surface area contributed by atoms with E-state index in [2.05, 4.69) is 123 Å². The average Bonchev–Trinajstić information content (AvgIpc) is 3.58. The van der Waals surface area contributed by atoms with E-state index >= 15 is 0 Å². The molecule has 1 aliphatic rings. The quantitative estimate of drug-likeness (QED) is 0.161. The maximum absolute atomic E-state index is 9.94. The number of rotatable bonds is 5. The van der Waals surface area contributed by atoms with Crippen molar-refractivity contribution in [3.8, 4) is 73.6 Å². The van der Waals surface area contributed by atoms with Crippen LogP contribution in [0.4, 0.5) is 0 Å². The molecule has 0 spiro atoms. The van der Waals surface area contributed by atoms with E-state index in [1.165, 1.54) is 22.3 Å². The number of aromatic nitrogens is 5. The number of fused-ring (bicyclic) bond motifs is 9. The van der Waals surface area contributed by atoms with Crippen LogP contribution in [0.2, 0.25) is 0 Å². The maximum atomic E-state index is 9.94. The molecular weight excluding hydrogens is 769 g/mol. The first-order chi connectivity index (χ1) is 30.9. The van der Waals surface area contributed by atoms with Gasteiger partial charge in [-0.15, -0.1) is 0 Å². The molecule has 0 amide bonds. The van der Waals surface area contributed by atoms with Crippen molar-refractivity contribution in [3.63, 3.8) is 0 Å². The van der Waals surface area contributed by atoms with Gasteiger partial charge in [0.1, 0.15) is 0 Å². The summed E-state index contributed by atoms with van der Waals surface area (Å²) in [4.78, 5) is 25.5. The third-order valence-electron chi connectivity index (χ3n) is 12.8. The SMILES string of the molecule is CC1(C)c2ccccc2-c2ccc(-c3nc(-c4ccccc4)nc(-c4cccc(-c5cc6c7cccnc7c(-c7ccc(C#N)c8ccccc78)cc6c6cccnc56)c4)n3)cc21. The predicted molar refractivity (Wildman–Crippen MR) is 255 cm³/mol. The first-order valence-electron chi connectivity index (χ1n) is 21.1. The van der Waals surface area contributed by atoms with E-state index < -0.39 is 0 Å². The van der Waals surface area contributed by atoms with Gasteiger partial charge in [-0.1, -0.05) is 141 Å². The van der Waals surface area contributed by atoms with Crippen LogP contribution >= 0.6 is 0 Å². The molecule has 294 valence electrons. The molecular formula is C57H36N6. The molecule has 8 aromatic carbocycles. The van der Waals surface area contributed by atoms with Crippen LogP contribution in [0.3, 0.4) is 0 Å². The molecule has 0 N–H and O–H groups in total. The minimum atomic E-state index is -0.161. The predicted octanol–water partition coefficient (Wildman–Crippen LogP) is 13.8. The third kappa shape index (κ3) is 5.75. The van der Waals surface area contributed by atoms with Crippen molar-refractivity contribution in [2.75, 3.05) is 0 Å². The van der Waals surface area contributed by atoms with Crippen molar-refractivity contribution in [2.45, 2.75) is 19.3 Å². The number of hydrogen-bond donors (Lipinski definition) is 0. The smallest absolute Gasteiger partial charge is 0.164 e. The average molecular weight is 805 g/mol. The molecule has 0 fully saturated rings. The van der Waals surface area contributed by atoms with E-state index in [1.807, 2.05) is 79.1 Å². The van der Waals surface area contributed by atoms with Crippen LogP contribution in [0.25, 0.3) is 111 Å². The van der Waals surface area contributed by atoms with Crippen LogP contribution in [0.1, 0.15) is 30.5 Å². The number of nitriles is 1. The van der Waals surface area contributed by atoms with Gasteiger partial charge in [-0.3, -0.25) is 9.97 Å². The second kappa shape index (κ2) is 14.1. The minimum absolute atomic E-state index is 0.161. The minimum Gasteiger partial charge on any atom is -0.256 e. The van der Waals surface area contributed by atoms with E-state index in [-0.39, 0.29) is 5.41 Å². The molecule has 0 atom stereocenters. The summed E-state index contributed by atoms with van der Waals surface area (Å²) < 4.78 is 0. The first-order valence-corrected chi connectivity index (χ1v) is 21.1. The summed E-state index contributed by atoms with van der Waals surface area (Å²) in [5.41, 5.74) is 14.2. The molecule has 1 aliphatic carbocycles. The van der Waals surface area contributed by atoms with Gasteiger partial charge >= 0.3 is 0 Å². The van der Waals surface area contributed by atoms with Crippen LogP contribution < -0.4 is 0 Å². The summed E-state index contributed by atoms with van der Waals surface area (Å²) in [5.74, 6) is 1.84. The molecule has 63 heavy (non-hydrogen) atoms. The van der Waals surface area contributed by atoms with E-state index in [4.69, 9.17) is 24.9 Å². The zero-order valence-corrected chi connectivity index (χ0v) is 34.5. The van der Waals surface area contributed by atoms with E-state index in [0.29, 0.717) is 23.0 Å². The van der Waals surface area contributed by atoms with Crippen LogP contribution in [-0.2, 0) is 5.41 Å². The lowest BCUT2D eigenvalue weighted by atomic mass is 9.82. The second-order valence-electron chi connectivity index (χ2n) is 16.7. The Bertz CT molecular complexity index is 3730. The molecule has 0 radical (unpaired) electrons. The molecule has 6 heteroatoms. The standard InChI is InChI=1S/C57H36N6/c1-57(2)50-22-9-8-19-42(50)43-26-23-37(30-51(43)57)56-62-54(34-13-4-3-5-14-34)61-55(63-56)36-16-10-15-35(29-36)46-31-47-45-21-12-28-60-53(45)49(32-48(47)44-20-11-27-59-52(44)46)41-25-24-38(33-58)39-17-6-7-18-40(39)41/h3-32H,1-2H3. The van der Waals surface area contributed by atoms with Gasteiger partial charge in [-0.25, -0.2) is 15.0 Å². The van der Waals surface area contributed by atoms with Gasteiger partial charge < -0.3 is 0 Å². The number of nitrogens with zero attached hydrogens (tertiary/aromatic N) is 6. The zero-order valence-electron chi connectivity index (χ0n) is 34.5. The molecule has 11 aromatic rings. The molecule has 0 unspecified atom stereocenters. The Labute approximate surface area is 363 Å². The monoisotopic (exact) mass is 804 g/mol. The Kier molecular flexibility index (Phi) is 8.15. The highest BCUT2D eigenvalue weighted by atomic mass is 15.0. The zero-order chi connectivity index (χ0) is 42.2. The Morgan fingerprint density at radius 3 is 1.68 bits per heavy atom. The van der Waals surface area contributed by atoms with Crippen LogP contribution in [0, 0.1) is 11.3 Å². The van der Waals surface area contributed by atoms with E-state index in [0.717, 1.165) is 82.3 Å². The van der Waals surface area contributed by atoms with Gasteiger partial charge in [-0.2, -0.15) is 5.26 Å². The van der Waals surface area contributed by atoms with Crippen molar-refractivity contribution in [2.24, 2.45) is 0 Å². The van der Waals surface area contributed by atoms with Crippen molar-refractivity contribution < 1.29 is 0 Å². The lowest BCUT2D eigenvalue weighted by Crippen LogP contribution is -2.15. The third-order valence-corrected chi connectivity index (χ3v) is 12.8. The Morgan fingerprint density at radius 1 is 0.381 bits per heavy atom. The molecule has 0 bridgehead atoms. The maximum Gasteiger partial charge on any atom is 0.164 e. The number of benzene rings is 8. The number of pyridine rings is 2. The van der Waals surface area contributed by atoms with Crippen molar-refractivity contribution in [3.05, 3.63) is 199 Å². The topological polar surface area (TPSA) is 88.2 Å². The Balaban J connectivity index is 1.03. The first kappa shape index (κ1) is 36.5. The Hall–Kier alpha value is -8.40. The highest BCUT2D eigenvalue weighted by Crippen LogP contribution is 2.49.